The van der Waals surface area contributed by atoms with E-state index in [1.807, 2.05) is 31.2 Å². The molecule has 0 saturated carbocycles. The summed E-state index contributed by atoms with van der Waals surface area (Å²) < 4.78 is 5.82. The monoisotopic (exact) mass is 466 g/mol. The maximum atomic E-state index is 11.1. The van der Waals surface area contributed by atoms with Crippen molar-refractivity contribution in [3.63, 3.8) is 0 Å². The summed E-state index contributed by atoms with van der Waals surface area (Å²) in [5.74, 6) is -0.191. The van der Waals surface area contributed by atoms with Gasteiger partial charge in [0, 0.05) is 11.3 Å². The van der Waals surface area contributed by atoms with Crippen LogP contribution in [0.2, 0.25) is 10.0 Å². The first kappa shape index (κ1) is 21.5. The van der Waals surface area contributed by atoms with Crippen molar-refractivity contribution in [3.05, 3.63) is 87.9 Å². The summed E-state index contributed by atoms with van der Waals surface area (Å²) in [6.45, 7) is 1.97. The van der Waals surface area contributed by atoms with Crippen LogP contribution in [0.25, 0.3) is 11.4 Å². The molecular weight excluding hydrogens is 451 g/mol. The maximum Gasteiger partial charge on any atom is 0.335 e. The molecule has 7 nitrogen and oxygen atoms in total. The molecule has 0 bridgehead atoms. The van der Waals surface area contributed by atoms with Gasteiger partial charge < -0.3 is 15.2 Å². The third-order valence-electron chi connectivity index (χ3n) is 4.39. The fourth-order valence-electron chi connectivity index (χ4n) is 2.87. The second kappa shape index (κ2) is 9.21. The second-order valence-corrected chi connectivity index (χ2v) is 7.61. The largest absolute Gasteiger partial charge is 0.478 e. The van der Waals surface area contributed by atoms with Crippen LogP contribution < -0.4 is 10.1 Å². The van der Waals surface area contributed by atoms with Gasteiger partial charge in [0.2, 0.25) is 5.95 Å². The quantitative estimate of drug-likeness (QED) is 0.339. The Morgan fingerprint density at radius 3 is 2.28 bits per heavy atom. The van der Waals surface area contributed by atoms with Crippen LogP contribution in [0.5, 0.6) is 11.8 Å². The Morgan fingerprint density at radius 2 is 1.62 bits per heavy atom. The van der Waals surface area contributed by atoms with Crippen molar-refractivity contribution in [3.8, 4) is 23.1 Å². The van der Waals surface area contributed by atoms with Crippen LogP contribution in [0.15, 0.2) is 66.7 Å². The van der Waals surface area contributed by atoms with Gasteiger partial charge in [-0.1, -0.05) is 53.0 Å². The lowest BCUT2D eigenvalue weighted by atomic mass is 10.1. The molecule has 0 amide bonds. The smallest absolute Gasteiger partial charge is 0.335 e. The van der Waals surface area contributed by atoms with Crippen molar-refractivity contribution in [1.29, 1.82) is 0 Å². The van der Waals surface area contributed by atoms with Gasteiger partial charge >= 0.3 is 12.0 Å². The first-order chi connectivity index (χ1) is 15.4. The molecule has 0 aliphatic carbocycles. The third-order valence-corrected chi connectivity index (χ3v) is 4.99. The minimum atomic E-state index is -1.01. The van der Waals surface area contributed by atoms with Crippen molar-refractivity contribution in [2.45, 2.75) is 6.92 Å². The van der Waals surface area contributed by atoms with Crippen molar-refractivity contribution < 1.29 is 14.6 Å². The number of para-hydroxylation sites is 1. The van der Waals surface area contributed by atoms with Crippen LogP contribution in [-0.4, -0.2) is 26.0 Å². The van der Waals surface area contributed by atoms with Gasteiger partial charge in [-0.15, -0.1) is 0 Å². The Balaban J connectivity index is 1.74. The van der Waals surface area contributed by atoms with E-state index in [1.54, 1.807) is 30.3 Å². The number of anilines is 2. The average molecular weight is 467 g/mol. The van der Waals surface area contributed by atoms with Crippen molar-refractivity contribution in [2.75, 3.05) is 5.32 Å². The number of ether oxygens (including phenoxy) is 1. The van der Waals surface area contributed by atoms with Gasteiger partial charge in [-0.25, -0.2) is 4.79 Å². The van der Waals surface area contributed by atoms with Crippen LogP contribution in [0.3, 0.4) is 0 Å². The van der Waals surface area contributed by atoms with Crippen molar-refractivity contribution in [2.24, 2.45) is 0 Å². The lowest BCUT2D eigenvalue weighted by Crippen LogP contribution is -2.04. The first-order valence-electron chi connectivity index (χ1n) is 9.44. The fraction of sp³-hybridized carbons (Fsp3) is 0.0435. The number of hydrogen-bond acceptors (Lipinski definition) is 6. The molecule has 1 heterocycles. The van der Waals surface area contributed by atoms with E-state index in [2.05, 4.69) is 20.3 Å². The van der Waals surface area contributed by atoms with Gasteiger partial charge in [0.1, 0.15) is 0 Å². The highest BCUT2D eigenvalue weighted by Crippen LogP contribution is 2.35. The lowest BCUT2D eigenvalue weighted by molar-refractivity contribution is 0.0697. The van der Waals surface area contributed by atoms with Gasteiger partial charge in [0.25, 0.3) is 0 Å². The Kier molecular flexibility index (Phi) is 6.20. The molecule has 9 heteroatoms. The minimum Gasteiger partial charge on any atom is -0.478 e. The van der Waals surface area contributed by atoms with E-state index in [9.17, 15) is 4.79 Å². The topological polar surface area (TPSA) is 97.2 Å². The van der Waals surface area contributed by atoms with Crippen LogP contribution in [0.4, 0.5) is 11.6 Å². The van der Waals surface area contributed by atoms with Crippen LogP contribution in [-0.2, 0) is 0 Å². The van der Waals surface area contributed by atoms with E-state index in [1.165, 1.54) is 12.1 Å². The summed E-state index contributed by atoms with van der Waals surface area (Å²) in [4.78, 5) is 24.3. The number of nitrogens with zero attached hydrogens (tertiary/aromatic N) is 3. The average Bonchev–Trinajstić information content (AvgIpc) is 2.77. The van der Waals surface area contributed by atoms with Gasteiger partial charge in [-0.3, -0.25) is 0 Å². The first-order valence-corrected chi connectivity index (χ1v) is 10.2. The maximum absolute atomic E-state index is 11.1. The zero-order chi connectivity index (χ0) is 22.7. The van der Waals surface area contributed by atoms with Crippen molar-refractivity contribution >= 4 is 40.8 Å². The van der Waals surface area contributed by atoms with Gasteiger partial charge in [0.15, 0.2) is 11.6 Å². The molecule has 160 valence electrons. The standard InChI is InChI=1S/C23H16Cl2N4O3/c1-13-4-2-5-15(12-13)20-27-22(26-16-10-8-14(9-11-16)21(30)31)29-23(28-20)32-19-17(24)6-3-7-18(19)25/h2-12H,1H3,(H,30,31)(H,26,27,28,29). The summed E-state index contributed by atoms with van der Waals surface area (Å²) in [6, 6.07) is 18.9. The predicted molar refractivity (Wildman–Crippen MR) is 123 cm³/mol. The van der Waals surface area contributed by atoms with E-state index in [0.29, 0.717) is 21.6 Å². The number of aromatic nitrogens is 3. The highest BCUT2D eigenvalue weighted by Gasteiger charge is 2.15. The van der Waals surface area contributed by atoms with Gasteiger partial charge in [0.05, 0.1) is 15.6 Å². The molecule has 2 N–H and O–H groups in total. The number of carboxylic acids is 1. The summed E-state index contributed by atoms with van der Waals surface area (Å²) in [5.41, 5.74) is 2.58. The molecule has 4 rings (SSSR count). The normalized spacial score (nSPS) is 10.6. The van der Waals surface area contributed by atoms with E-state index in [0.717, 1.165) is 11.1 Å². The molecule has 0 fully saturated rings. The summed E-state index contributed by atoms with van der Waals surface area (Å²) in [5, 5.41) is 12.8. The minimum absolute atomic E-state index is 0.00355. The third kappa shape index (κ3) is 4.96. The Morgan fingerprint density at radius 1 is 0.938 bits per heavy atom. The molecule has 0 aliphatic heterocycles. The number of carboxylic acid groups (broad SMARTS) is 1. The van der Waals surface area contributed by atoms with Gasteiger partial charge in [-0.2, -0.15) is 15.0 Å². The number of carbonyl (C=O) groups is 1. The zero-order valence-corrected chi connectivity index (χ0v) is 18.2. The Bertz CT molecular complexity index is 1280. The number of benzene rings is 3. The van der Waals surface area contributed by atoms with E-state index in [4.69, 9.17) is 33.0 Å². The molecule has 3 aromatic carbocycles. The highest BCUT2D eigenvalue weighted by atomic mass is 35.5. The molecule has 0 atom stereocenters. The SMILES string of the molecule is Cc1cccc(-c2nc(Nc3ccc(C(=O)O)cc3)nc(Oc3c(Cl)cccc3Cl)n2)c1. The van der Waals surface area contributed by atoms with Crippen LogP contribution >= 0.6 is 23.2 Å². The highest BCUT2D eigenvalue weighted by molar-refractivity contribution is 6.37. The van der Waals surface area contributed by atoms with Crippen molar-refractivity contribution in [1.82, 2.24) is 15.0 Å². The Hall–Kier alpha value is -3.68. The summed E-state index contributed by atoms with van der Waals surface area (Å²) in [6.07, 6.45) is 0. The summed E-state index contributed by atoms with van der Waals surface area (Å²) >= 11 is 12.4. The van der Waals surface area contributed by atoms with Gasteiger partial charge in [-0.05, 0) is 49.4 Å². The fourth-order valence-corrected chi connectivity index (χ4v) is 3.34. The number of halogens is 2. The molecule has 32 heavy (non-hydrogen) atoms. The molecular formula is C23H16Cl2N4O3. The molecule has 0 spiro atoms. The second-order valence-electron chi connectivity index (χ2n) is 6.80. The molecule has 0 radical (unpaired) electrons. The molecule has 0 saturated heterocycles. The number of hydrogen-bond donors (Lipinski definition) is 2. The van der Waals surface area contributed by atoms with E-state index < -0.39 is 5.97 Å². The van der Waals surface area contributed by atoms with E-state index >= 15 is 0 Å². The molecule has 4 aromatic rings. The zero-order valence-electron chi connectivity index (χ0n) is 16.7. The van der Waals surface area contributed by atoms with Crippen LogP contribution in [0, 0.1) is 6.92 Å². The van der Waals surface area contributed by atoms with E-state index in [-0.39, 0.29) is 23.3 Å². The van der Waals surface area contributed by atoms with Crippen LogP contribution in [0.1, 0.15) is 15.9 Å². The molecule has 0 unspecified atom stereocenters. The summed E-state index contributed by atoms with van der Waals surface area (Å²) in [7, 11) is 0. The number of rotatable bonds is 6. The molecule has 0 aliphatic rings. The lowest BCUT2D eigenvalue weighted by Gasteiger charge is -2.12. The molecule has 1 aromatic heterocycles. The number of aromatic carboxylic acids is 1. The Labute approximate surface area is 193 Å². The number of aryl methyl sites for hydroxylation is 1. The number of nitrogens with one attached hydrogen (secondary N) is 1. The predicted octanol–water partition coefficient (Wildman–Crippen LogP) is 6.39.